The number of aliphatic hydroxyl groups is 1. The third kappa shape index (κ3) is 2.75. The predicted molar refractivity (Wildman–Crippen MR) is 78.6 cm³/mol. The molecular formula is C16H16ClNO. The van der Waals surface area contributed by atoms with Gasteiger partial charge >= 0.3 is 0 Å². The molecule has 0 bridgehead atoms. The second kappa shape index (κ2) is 5.24. The minimum absolute atomic E-state index is 0.138. The molecule has 2 aromatic rings. The minimum Gasteiger partial charge on any atom is -0.393 e. The maximum absolute atomic E-state index is 10.2. The van der Waals surface area contributed by atoms with Crippen molar-refractivity contribution in [3.63, 3.8) is 0 Å². The first-order valence-corrected chi connectivity index (χ1v) is 6.88. The smallest absolute Gasteiger partial charge is 0.0604 e. The summed E-state index contributed by atoms with van der Waals surface area (Å²) in [5.74, 6) is 0. The second-order valence-electron chi connectivity index (χ2n) is 5.00. The van der Waals surface area contributed by atoms with Crippen LogP contribution < -0.4 is 5.32 Å². The highest BCUT2D eigenvalue weighted by Gasteiger charge is 2.22. The Morgan fingerprint density at radius 1 is 1.11 bits per heavy atom. The van der Waals surface area contributed by atoms with Crippen molar-refractivity contribution < 1.29 is 5.11 Å². The minimum atomic E-state index is -0.350. The largest absolute Gasteiger partial charge is 0.393 e. The highest BCUT2D eigenvalue weighted by Crippen LogP contribution is 2.32. The van der Waals surface area contributed by atoms with E-state index in [9.17, 15) is 5.11 Å². The Hall–Kier alpha value is -1.51. The van der Waals surface area contributed by atoms with Gasteiger partial charge in [-0.3, -0.25) is 0 Å². The van der Waals surface area contributed by atoms with Crippen molar-refractivity contribution in [2.75, 3.05) is 5.32 Å². The first-order chi connectivity index (χ1) is 9.22. The van der Waals surface area contributed by atoms with Crippen molar-refractivity contribution in [3.8, 4) is 0 Å². The molecule has 2 atom stereocenters. The van der Waals surface area contributed by atoms with Gasteiger partial charge in [-0.25, -0.2) is 0 Å². The SMILES string of the molecule is O[C@@H]1Cc2cc(Cl)ccc2N[C@H](c2ccccc2)C1. The molecule has 2 aromatic carbocycles. The van der Waals surface area contributed by atoms with Crippen molar-refractivity contribution in [1.82, 2.24) is 0 Å². The standard InChI is InChI=1S/C16H16ClNO/c17-13-6-7-15-12(8-13)9-14(19)10-16(18-15)11-4-2-1-3-5-11/h1-8,14,16,18-19H,9-10H2/t14-,16+/m1/s1. The number of hydrogen-bond acceptors (Lipinski definition) is 2. The molecular weight excluding hydrogens is 258 g/mol. The Kier molecular flexibility index (Phi) is 3.45. The van der Waals surface area contributed by atoms with E-state index in [0.717, 1.165) is 11.3 Å². The molecule has 2 N–H and O–H groups in total. The number of halogens is 1. The van der Waals surface area contributed by atoms with E-state index in [0.29, 0.717) is 17.9 Å². The van der Waals surface area contributed by atoms with Crippen molar-refractivity contribution in [1.29, 1.82) is 0 Å². The molecule has 1 heterocycles. The Bertz CT molecular complexity index is 570. The van der Waals surface area contributed by atoms with Gasteiger partial charge in [0.05, 0.1) is 12.1 Å². The van der Waals surface area contributed by atoms with Crippen molar-refractivity contribution in [3.05, 3.63) is 64.7 Å². The summed E-state index contributed by atoms with van der Waals surface area (Å²) in [5.41, 5.74) is 3.34. The topological polar surface area (TPSA) is 32.3 Å². The Morgan fingerprint density at radius 2 is 1.89 bits per heavy atom. The lowest BCUT2D eigenvalue weighted by Gasteiger charge is -2.19. The van der Waals surface area contributed by atoms with Crippen LogP contribution in [0.25, 0.3) is 0 Å². The number of hydrogen-bond donors (Lipinski definition) is 2. The molecule has 19 heavy (non-hydrogen) atoms. The molecule has 1 aliphatic rings. The maximum atomic E-state index is 10.2. The van der Waals surface area contributed by atoms with Gasteiger partial charge in [0.15, 0.2) is 0 Å². The quantitative estimate of drug-likeness (QED) is 0.828. The van der Waals surface area contributed by atoms with Gasteiger partial charge in [-0.05, 0) is 35.7 Å². The van der Waals surface area contributed by atoms with Crippen LogP contribution in [0.15, 0.2) is 48.5 Å². The van der Waals surface area contributed by atoms with Crippen molar-refractivity contribution in [2.45, 2.75) is 25.0 Å². The van der Waals surface area contributed by atoms with Crippen LogP contribution in [0.1, 0.15) is 23.6 Å². The third-order valence-corrected chi connectivity index (χ3v) is 3.80. The molecule has 0 aliphatic carbocycles. The average molecular weight is 274 g/mol. The summed E-state index contributed by atoms with van der Waals surface area (Å²) in [6.07, 6.45) is 1.00. The number of anilines is 1. The van der Waals surface area contributed by atoms with Crippen LogP contribution in [-0.2, 0) is 6.42 Å². The highest BCUT2D eigenvalue weighted by atomic mass is 35.5. The predicted octanol–water partition coefficient (Wildman–Crippen LogP) is 3.80. The van der Waals surface area contributed by atoms with Gasteiger partial charge in [0.2, 0.25) is 0 Å². The van der Waals surface area contributed by atoms with E-state index in [1.165, 1.54) is 5.56 Å². The molecule has 0 spiro atoms. The zero-order valence-corrected chi connectivity index (χ0v) is 11.3. The zero-order valence-electron chi connectivity index (χ0n) is 10.5. The molecule has 98 valence electrons. The Labute approximate surface area is 118 Å². The number of aliphatic hydroxyl groups excluding tert-OH is 1. The number of nitrogens with one attached hydrogen (secondary N) is 1. The van der Waals surface area contributed by atoms with Gasteiger partial charge in [0, 0.05) is 17.1 Å². The fraction of sp³-hybridized carbons (Fsp3) is 0.250. The number of benzene rings is 2. The highest BCUT2D eigenvalue weighted by molar-refractivity contribution is 6.30. The van der Waals surface area contributed by atoms with Crippen LogP contribution in [-0.4, -0.2) is 11.2 Å². The first-order valence-electron chi connectivity index (χ1n) is 6.50. The molecule has 2 nitrogen and oxygen atoms in total. The van der Waals surface area contributed by atoms with E-state index in [4.69, 9.17) is 11.6 Å². The van der Waals surface area contributed by atoms with Gasteiger partial charge in [-0.15, -0.1) is 0 Å². The lowest BCUT2D eigenvalue weighted by atomic mass is 10.00. The fourth-order valence-electron chi connectivity index (χ4n) is 2.63. The molecule has 0 radical (unpaired) electrons. The summed E-state index contributed by atoms with van der Waals surface area (Å²) < 4.78 is 0. The zero-order chi connectivity index (χ0) is 13.2. The molecule has 0 saturated heterocycles. The van der Waals surface area contributed by atoms with E-state index in [2.05, 4.69) is 17.4 Å². The summed E-state index contributed by atoms with van der Waals surface area (Å²) in [6, 6.07) is 16.2. The Balaban J connectivity index is 1.96. The molecule has 0 amide bonds. The van der Waals surface area contributed by atoms with E-state index < -0.39 is 0 Å². The molecule has 0 saturated carbocycles. The fourth-order valence-corrected chi connectivity index (χ4v) is 2.83. The van der Waals surface area contributed by atoms with Crippen molar-refractivity contribution >= 4 is 17.3 Å². The third-order valence-electron chi connectivity index (χ3n) is 3.56. The van der Waals surface area contributed by atoms with E-state index in [1.807, 2.05) is 36.4 Å². The summed E-state index contributed by atoms with van der Waals surface area (Å²) >= 11 is 6.02. The van der Waals surface area contributed by atoms with E-state index in [1.54, 1.807) is 0 Å². The number of fused-ring (bicyclic) bond motifs is 1. The molecule has 0 aromatic heterocycles. The molecule has 1 aliphatic heterocycles. The first kappa shape index (κ1) is 12.5. The summed E-state index contributed by atoms with van der Waals surface area (Å²) in [6.45, 7) is 0. The lowest BCUT2D eigenvalue weighted by Crippen LogP contribution is -2.16. The van der Waals surface area contributed by atoms with Crippen LogP contribution in [0, 0.1) is 0 Å². The Morgan fingerprint density at radius 3 is 2.68 bits per heavy atom. The van der Waals surface area contributed by atoms with Crippen LogP contribution in [0.4, 0.5) is 5.69 Å². The monoisotopic (exact) mass is 273 g/mol. The molecule has 3 heteroatoms. The molecule has 0 unspecified atom stereocenters. The molecule has 0 fully saturated rings. The van der Waals surface area contributed by atoms with Gasteiger partial charge in [0.25, 0.3) is 0 Å². The summed E-state index contributed by atoms with van der Waals surface area (Å²) in [7, 11) is 0. The average Bonchev–Trinajstić information content (AvgIpc) is 2.57. The lowest BCUT2D eigenvalue weighted by molar-refractivity contribution is 0.161. The van der Waals surface area contributed by atoms with E-state index in [-0.39, 0.29) is 12.1 Å². The second-order valence-corrected chi connectivity index (χ2v) is 5.44. The van der Waals surface area contributed by atoms with Crippen LogP contribution in [0.5, 0.6) is 0 Å². The number of rotatable bonds is 1. The summed E-state index contributed by atoms with van der Waals surface area (Å²) in [4.78, 5) is 0. The van der Waals surface area contributed by atoms with Crippen LogP contribution in [0.2, 0.25) is 5.02 Å². The molecule has 3 rings (SSSR count). The van der Waals surface area contributed by atoms with E-state index >= 15 is 0 Å². The van der Waals surface area contributed by atoms with Crippen molar-refractivity contribution in [2.24, 2.45) is 0 Å². The normalized spacial score (nSPS) is 22.2. The maximum Gasteiger partial charge on any atom is 0.0604 e. The van der Waals surface area contributed by atoms with Gasteiger partial charge in [0.1, 0.15) is 0 Å². The van der Waals surface area contributed by atoms with Gasteiger partial charge in [-0.1, -0.05) is 41.9 Å². The summed E-state index contributed by atoms with van der Waals surface area (Å²) in [5, 5.41) is 14.4. The van der Waals surface area contributed by atoms with Gasteiger partial charge < -0.3 is 10.4 Å². The van der Waals surface area contributed by atoms with Gasteiger partial charge in [-0.2, -0.15) is 0 Å². The van der Waals surface area contributed by atoms with Crippen LogP contribution >= 0.6 is 11.6 Å². The van der Waals surface area contributed by atoms with Crippen LogP contribution in [0.3, 0.4) is 0 Å².